The fraction of sp³-hybridized carbons (Fsp3) is 0.273. The predicted octanol–water partition coefficient (Wildman–Crippen LogP) is 11.3. The number of anilines is 2. The lowest BCUT2D eigenvalue weighted by Gasteiger charge is -2.12. The van der Waals surface area contributed by atoms with E-state index in [4.69, 9.17) is 0 Å². The standard InChI is InChI=1S/C24H23F4N3O.C20H18F3N3O2/c1-3-15-9-20(29-7-6-24(26,27)28)23-30-12-21(31(23)13-15)16-4-5-18(14(2)8-16)22(32)11-17-10-19(17)25;1-3-13-9-16(24-7-6-20(21,22)23)18-25-10-17(26(18)11-13)14-4-5-15(19(27)28)12(2)8-14/h3-5,8-9,12-13,17,19,29H,1,6-7,10-11H2,2H3;3-5,8-11,24H,1,6-7H2,2H3,(H,27,28)/t17-,19+;/m1./s1. The van der Waals surface area contributed by atoms with Crippen molar-refractivity contribution in [3.63, 3.8) is 0 Å². The zero-order chi connectivity index (χ0) is 43.5. The van der Waals surface area contributed by atoms with Crippen molar-refractivity contribution in [3.05, 3.63) is 120 Å². The Morgan fingerprint density at radius 2 is 1.20 bits per heavy atom. The molecule has 9 nitrogen and oxygen atoms in total. The van der Waals surface area contributed by atoms with Gasteiger partial charge < -0.3 is 15.7 Å². The number of carboxylic acids is 1. The smallest absolute Gasteiger partial charge is 0.390 e. The number of aryl methyl sites for hydroxylation is 2. The Morgan fingerprint density at radius 3 is 1.57 bits per heavy atom. The molecule has 3 N–H and O–H groups in total. The van der Waals surface area contributed by atoms with Crippen LogP contribution in [0.5, 0.6) is 0 Å². The highest BCUT2D eigenvalue weighted by Gasteiger charge is 2.39. The first kappa shape index (κ1) is 43.1. The number of imidazole rings is 2. The number of benzene rings is 2. The zero-order valence-electron chi connectivity index (χ0n) is 32.6. The van der Waals surface area contributed by atoms with Gasteiger partial charge >= 0.3 is 18.3 Å². The van der Waals surface area contributed by atoms with E-state index >= 15 is 0 Å². The van der Waals surface area contributed by atoms with Gasteiger partial charge in [0.05, 0.1) is 53.6 Å². The predicted molar refractivity (Wildman–Crippen MR) is 218 cm³/mol. The number of nitrogens with one attached hydrogen (secondary N) is 2. The number of aromatic carboxylic acids is 1. The maximum absolute atomic E-state index is 13.2. The number of aromatic nitrogens is 4. The van der Waals surface area contributed by atoms with Gasteiger partial charge in [0.2, 0.25) is 0 Å². The molecule has 0 amide bonds. The van der Waals surface area contributed by atoms with Crippen LogP contribution in [0.15, 0.2) is 86.5 Å². The summed E-state index contributed by atoms with van der Waals surface area (Å²) in [5, 5.41) is 14.8. The minimum absolute atomic E-state index is 0.0672. The monoisotopic (exact) mass is 834 g/mol. The molecule has 0 radical (unpaired) electrons. The summed E-state index contributed by atoms with van der Waals surface area (Å²) < 4.78 is 91.7. The normalized spacial score (nSPS) is 15.0. The van der Waals surface area contributed by atoms with Gasteiger partial charge in [0.15, 0.2) is 17.1 Å². The largest absolute Gasteiger partial charge is 0.478 e. The number of carbonyl (C=O) groups is 2. The summed E-state index contributed by atoms with van der Waals surface area (Å²) >= 11 is 0. The highest BCUT2D eigenvalue weighted by molar-refractivity contribution is 5.98. The van der Waals surface area contributed by atoms with Crippen LogP contribution in [-0.2, 0) is 0 Å². The summed E-state index contributed by atoms with van der Waals surface area (Å²) in [7, 11) is 0. The van der Waals surface area contributed by atoms with E-state index in [2.05, 4.69) is 33.8 Å². The molecule has 0 bridgehead atoms. The molecule has 0 saturated heterocycles. The van der Waals surface area contributed by atoms with Crippen LogP contribution in [0, 0.1) is 19.8 Å². The third-order valence-electron chi connectivity index (χ3n) is 10.0. The number of Topliss-reactive ketones (excluding diaryl/α,β-unsaturated/α-hetero) is 1. The van der Waals surface area contributed by atoms with Crippen LogP contribution in [0.1, 0.15) is 68.7 Å². The minimum Gasteiger partial charge on any atom is -0.478 e. The van der Waals surface area contributed by atoms with Crippen LogP contribution in [0.2, 0.25) is 0 Å². The highest BCUT2D eigenvalue weighted by atomic mass is 19.4. The van der Waals surface area contributed by atoms with E-state index in [1.54, 1.807) is 82.9 Å². The van der Waals surface area contributed by atoms with Gasteiger partial charge in [-0.05, 0) is 72.9 Å². The molecule has 2 atom stereocenters. The number of hydrogen-bond donors (Lipinski definition) is 3. The van der Waals surface area contributed by atoms with Crippen molar-refractivity contribution in [2.45, 2.75) is 58.1 Å². The molecular weight excluding hydrogens is 794 g/mol. The quantitative estimate of drug-likeness (QED) is 0.0740. The van der Waals surface area contributed by atoms with Crippen molar-refractivity contribution in [3.8, 4) is 22.5 Å². The zero-order valence-corrected chi connectivity index (χ0v) is 32.6. The molecule has 1 fully saturated rings. The fourth-order valence-corrected chi connectivity index (χ4v) is 6.77. The number of halogens is 7. The summed E-state index contributed by atoms with van der Waals surface area (Å²) in [6.45, 7) is 10.5. The average Bonchev–Trinajstić information content (AvgIpc) is 3.50. The molecular formula is C44H41F7N6O3. The van der Waals surface area contributed by atoms with Crippen molar-refractivity contribution >= 4 is 46.6 Å². The third-order valence-corrected chi connectivity index (χ3v) is 10.0. The number of ketones is 1. The number of alkyl halides is 7. The second-order valence-corrected chi connectivity index (χ2v) is 14.5. The lowest BCUT2D eigenvalue weighted by atomic mass is 9.98. The molecule has 314 valence electrons. The number of carbonyl (C=O) groups excluding carboxylic acids is 1. The molecule has 0 aliphatic heterocycles. The summed E-state index contributed by atoms with van der Waals surface area (Å²) in [5.41, 5.74) is 8.48. The van der Waals surface area contributed by atoms with Crippen molar-refractivity contribution < 1.29 is 45.4 Å². The van der Waals surface area contributed by atoms with Crippen molar-refractivity contribution in [1.82, 2.24) is 18.8 Å². The summed E-state index contributed by atoms with van der Waals surface area (Å²) in [4.78, 5) is 32.4. The van der Waals surface area contributed by atoms with Crippen molar-refractivity contribution in [1.29, 1.82) is 0 Å². The van der Waals surface area contributed by atoms with Gasteiger partial charge in [-0.3, -0.25) is 13.6 Å². The highest BCUT2D eigenvalue weighted by Crippen LogP contribution is 2.38. The minimum atomic E-state index is -4.25. The maximum Gasteiger partial charge on any atom is 0.390 e. The second kappa shape index (κ2) is 17.4. The van der Waals surface area contributed by atoms with Gasteiger partial charge in [0.25, 0.3) is 0 Å². The summed E-state index contributed by atoms with van der Waals surface area (Å²) in [5.74, 6) is -1.24. The average molecular weight is 835 g/mol. The number of fused-ring (bicyclic) bond motifs is 2. The number of pyridine rings is 2. The Morgan fingerprint density at radius 1 is 0.767 bits per heavy atom. The molecule has 16 heteroatoms. The molecule has 1 saturated carbocycles. The molecule has 4 heterocycles. The molecule has 0 unspecified atom stereocenters. The van der Waals surface area contributed by atoms with Gasteiger partial charge in [0, 0.05) is 54.5 Å². The lowest BCUT2D eigenvalue weighted by molar-refractivity contribution is -0.132. The summed E-state index contributed by atoms with van der Waals surface area (Å²) in [6.07, 6.45) is -0.565. The molecule has 1 aliphatic carbocycles. The van der Waals surface area contributed by atoms with Crippen LogP contribution >= 0.6 is 0 Å². The van der Waals surface area contributed by atoms with Gasteiger partial charge in [-0.15, -0.1) is 0 Å². The Kier molecular flexibility index (Phi) is 12.5. The lowest BCUT2D eigenvalue weighted by Crippen LogP contribution is -2.15. The van der Waals surface area contributed by atoms with Gasteiger partial charge in [-0.2, -0.15) is 26.3 Å². The van der Waals surface area contributed by atoms with E-state index < -0.39 is 37.3 Å². The van der Waals surface area contributed by atoms with E-state index in [1.807, 2.05) is 19.2 Å². The van der Waals surface area contributed by atoms with Crippen LogP contribution in [0.25, 0.3) is 46.0 Å². The van der Waals surface area contributed by atoms with E-state index in [0.29, 0.717) is 51.5 Å². The first-order valence-corrected chi connectivity index (χ1v) is 18.9. The SMILES string of the molecule is C=Cc1cc(NCCC(F)(F)F)c2ncc(-c3ccc(C(=O)C[C@H]4C[C@@H]4F)c(C)c3)n2c1.C=Cc1cc(NCCC(F)(F)F)c2ncc(-c3ccc(C(=O)O)c(C)c3)n2c1. The van der Waals surface area contributed by atoms with Crippen LogP contribution in [0.4, 0.5) is 42.1 Å². The molecule has 4 aromatic heterocycles. The first-order chi connectivity index (χ1) is 28.3. The number of carboxylic acid groups (broad SMARTS) is 1. The Labute approximate surface area is 340 Å². The van der Waals surface area contributed by atoms with Gasteiger partial charge in [-0.25, -0.2) is 19.2 Å². The topological polar surface area (TPSA) is 113 Å². The number of rotatable bonds is 14. The van der Waals surface area contributed by atoms with Gasteiger partial charge in [-0.1, -0.05) is 43.5 Å². The number of nitrogens with zero attached hydrogens (tertiary/aromatic N) is 4. The molecule has 1 aliphatic rings. The summed E-state index contributed by atoms with van der Waals surface area (Å²) in [6, 6.07) is 13.7. The fourth-order valence-electron chi connectivity index (χ4n) is 6.77. The van der Waals surface area contributed by atoms with Crippen LogP contribution < -0.4 is 10.6 Å². The molecule has 2 aromatic carbocycles. The Bertz CT molecular complexity index is 2590. The Balaban J connectivity index is 0.000000203. The van der Waals surface area contributed by atoms with Crippen LogP contribution in [-0.4, -0.2) is 67.2 Å². The van der Waals surface area contributed by atoms with E-state index in [0.717, 1.165) is 27.9 Å². The third kappa shape index (κ3) is 10.2. The number of hydrogen-bond acceptors (Lipinski definition) is 6. The van der Waals surface area contributed by atoms with E-state index in [9.17, 15) is 45.4 Å². The second-order valence-electron chi connectivity index (χ2n) is 14.5. The van der Waals surface area contributed by atoms with Crippen LogP contribution in [0.3, 0.4) is 0 Å². The molecule has 60 heavy (non-hydrogen) atoms. The van der Waals surface area contributed by atoms with Crippen molar-refractivity contribution in [2.24, 2.45) is 5.92 Å². The van der Waals surface area contributed by atoms with Crippen molar-refractivity contribution in [2.75, 3.05) is 23.7 Å². The Hall–Kier alpha value is -6.45. The molecule has 0 spiro atoms. The van der Waals surface area contributed by atoms with E-state index in [-0.39, 0.29) is 36.8 Å². The molecule has 7 rings (SSSR count). The molecule has 6 aromatic rings. The van der Waals surface area contributed by atoms with Gasteiger partial charge in [0.1, 0.15) is 6.17 Å². The maximum atomic E-state index is 13.2. The first-order valence-electron chi connectivity index (χ1n) is 18.9. The van der Waals surface area contributed by atoms with E-state index in [1.165, 1.54) is 6.07 Å².